The third-order valence-corrected chi connectivity index (χ3v) is 9.26. The van der Waals surface area contributed by atoms with Gasteiger partial charge in [-0.3, -0.25) is 4.79 Å². The van der Waals surface area contributed by atoms with E-state index in [1.165, 1.54) is 17.5 Å². The van der Waals surface area contributed by atoms with Crippen LogP contribution in [0, 0.1) is 5.92 Å². The molecule has 7 nitrogen and oxygen atoms in total. The van der Waals surface area contributed by atoms with E-state index < -0.39 is 17.4 Å². The predicted molar refractivity (Wildman–Crippen MR) is 157 cm³/mol. The number of carboxylic acid groups (broad SMARTS) is 1. The number of carbonyl (C=O) groups excluding carboxylic acids is 1. The lowest BCUT2D eigenvalue weighted by atomic mass is 9.63. The summed E-state index contributed by atoms with van der Waals surface area (Å²) in [5, 5.41) is 16.1. The molecule has 1 aromatic carbocycles. The average Bonchev–Trinajstić information content (AvgIpc) is 2.87. The molecule has 0 bridgehead atoms. The molecule has 1 aromatic heterocycles. The van der Waals surface area contributed by atoms with Gasteiger partial charge < -0.3 is 20.5 Å². The van der Waals surface area contributed by atoms with E-state index in [2.05, 4.69) is 55.7 Å². The highest BCUT2D eigenvalue weighted by Crippen LogP contribution is 2.44. The molecule has 3 N–H and O–H groups in total. The number of pyridine rings is 1. The standard InChI is InChI=1S/C33H45N3O4/c1-32(2,3)24-9-11-25(12-10-24)33(16-5-17-33)31(39)36-28(30(37)38)15-19-40-27-20-22(21-27)7-13-26-14-8-23-6-4-18-34-29(23)35-26/h8-12,14,22,27-28H,4-7,13,15-21H2,1-3H3,(H,34,35)(H,36,39)(H,37,38)/t22?,27?,28-/m0/s1. The largest absolute Gasteiger partial charge is 0.480 e. The van der Waals surface area contributed by atoms with E-state index in [0.717, 1.165) is 75.0 Å². The van der Waals surface area contributed by atoms with E-state index in [-0.39, 0.29) is 23.8 Å². The molecule has 0 saturated heterocycles. The molecule has 216 valence electrons. The summed E-state index contributed by atoms with van der Waals surface area (Å²) in [4.78, 5) is 30.2. The Morgan fingerprint density at radius 3 is 2.52 bits per heavy atom. The van der Waals surface area contributed by atoms with E-state index in [1.54, 1.807) is 0 Å². The lowest BCUT2D eigenvalue weighted by Gasteiger charge is -2.41. The maximum Gasteiger partial charge on any atom is 0.326 e. The summed E-state index contributed by atoms with van der Waals surface area (Å²) in [6.07, 6.45) is 9.26. The van der Waals surface area contributed by atoms with Gasteiger partial charge in [0.2, 0.25) is 5.91 Å². The minimum Gasteiger partial charge on any atom is -0.480 e. The summed E-state index contributed by atoms with van der Waals surface area (Å²) in [5.74, 6) is 0.492. The molecule has 1 amide bonds. The number of carbonyl (C=O) groups is 2. The van der Waals surface area contributed by atoms with Gasteiger partial charge in [-0.1, -0.05) is 57.5 Å². The molecule has 2 saturated carbocycles. The molecule has 1 atom stereocenters. The fourth-order valence-corrected chi connectivity index (χ4v) is 6.28. The molecular weight excluding hydrogens is 502 g/mol. The van der Waals surface area contributed by atoms with E-state index in [1.807, 2.05) is 12.1 Å². The van der Waals surface area contributed by atoms with Crippen molar-refractivity contribution in [2.45, 2.75) is 108 Å². The number of hydrogen-bond acceptors (Lipinski definition) is 5. The van der Waals surface area contributed by atoms with Crippen molar-refractivity contribution in [3.05, 3.63) is 58.8 Å². The zero-order chi connectivity index (χ0) is 28.3. The van der Waals surface area contributed by atoms with Crippen LogP contribution >= 0.6 is 0 Å². The maximum absolute atomic E-state index is 13.4. The molecule has 40 heavy (non-hydrogen) atoms. The lowest BCUT2D eigenvalue weighted by Crippen LogP contribution is -2.54. The molecule has 3 aliphatic rings. The maximum atomic E-state index is 13.4. The molecule has 1 aliphatic heterocycles. The van der Waals surface area contributed by atoms with Gasteiger partial charge in [-0.15, -0.1) is 0 Å². The number of rotatable bonds is 11. The van der Waals surface area contributed by atoms with Crippen LogP contribution in [0.5, 0.6) is 0 Å². The Kier molecular flexibility index (Phi) is 8.50. The number of aromatic nitrogens is 1. The molecule has 5 rings (SSSR count). The van der Waals surface area contributed by atoms with E-state index in [9.17, 15) is 14.7 Å². The topological polar surface area (TPSA) is 101 Å². The third kappa shape index (κ3) is 6.35. The molecule has 0 spiro atoms. The molecule has 2 fully saturated rings. The second-order valence-corrected chi connectivity index (χ2v) is 13.1. The molecule has 0 unspecified atom stereocenters. The van der Waals surface area contributed by atoms with Crippen LogP contribution < -0.4 is 10.6 Å². The van der Waals surface area contributed by atoms with E-state index in [4.69, 9.17) is 9.72 Å². The Bertz CT molecular complexity index is 1190. The number of fused-ring (bicyclic) bond motifs is 1. The van der Waals surface area contributed by atoms with Crippen molar-refractivity contribution in [3.63, 3.8) is 0 Å². The Morgan fingerprint density at radius 2 is 1.88 bits per heavy atom. The van der Waals surface area contributed by atoms with Crippen molar-refractivity contribution in [2.75, 3.05) is 18.5 Å². The van der Waals surface area contributed by atoms with Gasteiger partial charge in [0.1, 0.15) is 11.9 Å². The number of ether oxygens (including phenoxy) is 1. The van der Waals surface area contributed by atoms with Gasteiger partial charge in [-0.25, -0.2) is 9.78 Å². The molecule has 2 aliphatic carbocycles. The number of hydrogen-bond donors (Lipinski definition) is 3. The van der Waals surface area contributed by atoms with Gasteiger partial charge in [0, 0.05) is 25.3 Å². The first-order chi connectivity index (χ1) is 19.1. The highest BCUT2D eigenvalue weighted by atomic mass is 16.5. The SMILES string of the molecule is CC(C)(C)c1ccc(C2(C(=O)N[C@@H](CCOC3CC(CCc4ccc5c(n4)NCCC5)C3)C(=O)O)CCC2)cc1. The second kappa shape index (κ2) is 11.9. The monoisotopic (exact) mass is 547 g/mol. The van der Waals surface area contributed by atoms with Crippen molar-refractivity contribution in [1.82, 2.24) is 10.3 Å². The highest BCUT2D eigenvalue weighted by Gasteiger charge is 2.46. The fraction of sp³-hybridized carbons (Fsp3) is 0.606. The molecule has 0 radical (unpaired) electrons. The predicted octanol–water partition coefficient (Wildman–Crippen LogP) is 5.55. The average molecular weight is 548 g/mol. The van der Waals surface area contributed by atoms with Crippen molar-refractivity contribution >= 4 is 17.7 Å². The number of nitrogens with zero attached hydrogens (tertiary/aromatic N) is 1. The van der Waals surface area contributed by atoms with E-state index in [0.29, 0.717) is 12.5 Å². The van der Waals surface area contributed by atoms with Crippen molar-refractivity contribution < 1.29 is 19.4 Å². The number of carboxylic acids is 1. The first kappa shape index (κ1) is 28.6. The van der Waals surface area contributed by atoms with Crippen LogP contribution in [0.2, 0.25) is 0 Å². The molecule has 7 heteroatoms. The summed E-state index contributed by atoms with van der Waals surface area (Å²) < 4.78 is 6.01. The Labute approximate surface area is 238 Å². The van der Waals surface area contributed by atoms with Gasteiger partial charge >= 0.3 is 5.97 Å². The summed E-state index contributed by atoms with van der Waals surface area (Å²) in [7, 11) is 0. The Hall–Kier alpha value is -2.93. The van der Waals surface area contributed by atoms with Crippen molar-refractivity contribution in [2.24, 2.45) is 5.92 Å². The van der Waals surface area contributed by atoms with Crippen LogP contribution in [-0.2, 0) is 38.0 Å². The van der Waals surface area contributed by atoms with Gasteiger partial charge in [0.05, 0.1) is 11.5 Å². The zero-order valence-corrected chi connectivity index (χ0v) is 24.3. The number of aliphatic carboxylic acids is 1. The fourth-order valence-electron chi connectivity index (χ4n) is 6.28. The molecular formula is C33H45N3O4. The summed E-state index contributed by atoms with van der Waals surface area (Å²) in [5.41, 5.74) is 4.07. The summed E-state index contributed by atoms with van der Waals surface area (Å²) in [6, 6.07) is 11.7. The summed E-state index contributed by atoms with van der Waals surface area (Å²) in [6.45, 7) is 7.84. The zero-order valence-electron chi connectivity index (χ0n) is 24.3. The van der Waals surface area contributed by atoms with Crippen molar-refractivity contribution in [1.29, 1.82) is 0 Å². The summed E-state index contributed by atoms with van der Waals surface area (Å²) >= 11 is 0. The molecule has 2 heterocycles. The van der Waals surface area contributed by atoms with Gasteiger partial charge in [-0.05, 0) is 85.5 Å². The second-order valence-electron chi connectivity index (χ2n) is 13.1. The van der Waals surface area contributed by atoms with Crippen LogP contribution in [0.4, 0.5) is 5.82 Å². The quantitative estimate of drug-likeness (QED) is 0.341. The van der Waals surface area contributed by atoms with Gasteiger partial charge in [-0.2, -0.15) is 0 Å². The lowest BCUT2D eigenvalue weighted by molar-refractivity contribution is -0.144. The third-order valence-electron chi connectivity index (χ3n) is 9.26. The molecule has 2 aromatic rings. The first-order valence-electron chi connectivity index (χ1n) is 15.1. The number of nitrogens with one attached hydrogen (secondary N) is 2. The Morgan fingerprint density at radius 1 is 1.12 bits per heavy atom. The Balaban J connectivity index is 1.06. The smallest absolute Gasteiger partial charge is 0.326 e. The minimum absolute atomic E-state index is 0.0404. The van der Waals surface area contributed by atoms with Gasteiger partial charge in [0.25, 0.3) is 0 Å². The number of benzene rings is 1. The van der Waals surface area contributed by atoms with E-state index >= 15 is 0 Å². The van der Waals surface area contributed by atoms with Crippen LogP contribution in [0.15, 0.2) is 36.4 Å². The van der Waals surface area contributed by atoms with Crippen LogP contribution in [0.25, 0.3) is 0 Å². The van der Waals surface area contributed by atoms with Crippen LogP contribution in [-0.4, -0.2) is 47.3 Å². The van der Waals surface area contributed by atoms with Crippen LogP contribution in [0.3, 0.4) is 0 Å². The number of aryl methyl sites for hydroxylation is 2. The highest BCUT2D eigenvalue weighted by molar-refractivity contribution is 5.92. The number of anilines is 1. The minimum atomic E-state index is -1.01. The van der Waals surface area contributed by atoms with Gasteiger partial charge in [0.15, 0.2) is 0 Å². The normalized spacial score (nSPS) is 22.2. The first-order valence-corrected chi connectivity index (χ1v) is 15.1. The number of amides is 1. The van der Waals surface area contributed by atoms with Crippen LogP contribution in [0.1, 0.15) is 94.5 Å². The van der Waals surface area contributed by atoms with Crippen molar-refractivity contribution in [3.8, 4) is 0 Å².